The second-order valence-electron chi connectivity index (χ2n) is 6.69. The minimum atomic E-state index is -0.544. The number of nitrogens with zero attached hydrogens (tertiary/aromatic N) is 1. The third kappa shape index (κ3) is 6.40. The van der Waals surface area contributed by atoms with Crippen LogP contribution in [0.15, 0.2) is 58.4 Å². The van der Waals surface area contributed by atoms with E-state index < -0.39 is 23.6 Å². The topological polar surface area (TPSA) is 84.9 Å². The fourth-order valence-corrected chi connectivity index (χ4v) is 4.42. The predicted molar refractivity (Wildman–Crippen MR) is 134 cm³/mol. The van der Waals surface area contributed by atoms with E-state index in [1.165, 1.54) is 0 Å². The Balaban J connectivity index is 1.76. The molecule has 33 heavy (non-hydrogen) atoms. The number of hydrogen-bond acceptors (Lipinski definition) is 6. The van der Waals surface area contributed by atoms with E-state index in [9.17, 15) is 14.4 Å². The first kappa shape index (κ1) is 24.9. The van der Waals surface area contributed by atoms with Crippen LogP contribution >= 0.6 is 39.3 Å². The lowest BCUT2D eigenvalue weighted by Gasteiger charge is -2.14. The van der Waals surface area contributed by atoms with Crippen molar-refractivity contribution in [1.82, 2.24) is 4.90 Å². The molecule has 1 saturated heterocycles. The average Bonchev–Trinajstić information content (AvgIpc) is 3.02. The molecule has 1 fully saturated rings. The van der Waals surface area contributed by atoms with Crippen molar-refractivity contribution in [2.24, 2.45) is 0 Å². The fraction of sp³-hybridized carbons (Fsp3) is 0.174. The number of amides is 3. The van der Waals surface area contributed by atoms with Crippen LogP contribution in [0.2, 0.25) is 5.02 Å². The maximum atomic E-state index is 12.8. The van der Waals surface area contributed by atoms with Crippen molar-refractivity contribution in [2.75, 3.05) is 25.1 Å². The number of thioether (sulfide) groups is 1. The Kier molecular flexibility index (Phi) is 8.60. The van der Waals surface area contributed by atoms with E-state index in [0.717, 1.165) is 16.7 Å². The van der Waals surface area contributed by atoms with E-state index in [2.05, 4.69) is 27.8 Å². The molecule has 1 aliphatic rings. The largest absolute Gasteiger partial charge is 0.490 e. The summed E-state index contributed by atoms with van der Waals surface area (Å²) >= 11 is 10.1. The molecule has 2 aromatic rings. The van der Waals surface area contributed by atoms with Gasteiger partial charge in [0.25, 0.3) is 11.1 Å². The SMILES string of the molecule is C=CCOc1c(Br)cc(/C=C2/SC(=O)N(CC(=O)Nc3ccc(Cl)cc3)C2=O)cc1OCC. The van der Waals surface area contributed by atoms with Crippen LogP contribution in [0.4, 0.5) is 10.5 Å². The molecule has 3 amide bonds. The van der Waals surface area contributed by atoms with E-state index in [1.807, 2.05) is 6.92 Å². The zero-order valence-corrected chi connectivity index (χ0v) is 20.8. The van der Waals surface area contributed by atoms with Crippen LogP contribution < -0.4 is 14.8 Å². The number of imide groups is 1. The number of anilines is 1. The van der Waals surface area contributed by atoms with Crippen LogP contribution in [0.5, 0.6) is 11.5 Å². The lowest BCUT2D eigenvalue weighted by atomic mass is 10.2. The molecule has 172 valence electrons. The lowest BCUT2D eigenvalue weighted by Crippen LogP contribution is -2.36. The molecule has 0 atom stereocenters. The van der Waals surface area contributed by atoms with Gasteiger partial charge in [0.2, 0.25) is 5.91 Å². The summed E-state index contributed by atoms with van der Waals surface area (Å²) in [5, 5.41) is 2.65. The van der Waals surface area contributed by atoms with E-state index >= 15 is 0 Å². The summed E-state index contributed by atoms with van der Waals surface area (Å²) in [6.45, 7) is 5.80. The summed E-state index contributed by atoms with van der Waals surface area (Å²) in [4.78, 5) is 38.6. The highest BCUT2D eigenvalue weighted by Gasteiger charge is 2.36. The second kappa shape index (κ2) is 11.4. The summed E-state index contributed by atoms with van der Waals surface area (Å²) in [6, 6.07) is 9.98. The zero-order chi connectivity index (χ0) is 24.0. The Hall–Kier alpha value is -2.75. The van der Waals surface area contributed by atoms with Gasteiger partial charge in [-0.15, -0.1) is 0 Å². The van der Waals surface area contributed by atoms with Gasteiger partial charge in [0, 0.05) is 10.7 Å². The molecule has 3 rings (SSSR count). The Morgan fingerprint density at radius 1 is 1.24 bits per heavy atom. The normalized spacial score (nSPS) is 14.5. The number of rotatable bonds is 9. The maximum absolute atomic E-state index is 12.8. The number of halogens is 2. The van der Waals surface area contributed by atoms with Crippen LogP contribution in [-0.4, -0.2) is 41.7 Å². The van der Waals surface area contributed by atoms with Crippen molar-refractivity contribution in [2.45, 2.75) is 6.92 Å². The minimum Gasteiger partial charge on any atom is -0.490 e. The van der Waals surface area contributed by atoms with E-state index in [-0.39, 0.29) is 4.91 Å². The molecule has 1 N–H and O–H groups in total. The summed E-state index contributed by atoms with van der Waals surface area (Å²) < 4.78 is 11.9. The molecule has 1 heterocycles. The van der Waals surface area contributed by atoms with Gasteiger partial charge in [-0.05, 0) is 82.7 Å². The monoisotopic (exact) mass is 550 g/mol. The standard InChI is InChI=1S/C23H20BrClN2O5S/c1-3-9-32-21-17(24)10-14(11-18(21)31-4-2)12-19-22(29)27(23(30)33-19)13-20(28)26-16-7-5-15(25)6-8-16/h3,5-8,10-12H,1,4,9,13H2,2H3,(H,26,28)/b19-12+. The van der Waals surface area contributed by atoms with Gasteiger partial charge in [0.15, 0.2) is 11.5 Å². The van der Waals surface area contributed by atoms with E-state index in [0.29, 0.717) is 45.5 Å². The molecule has 7 nitrogen and oxygen atoms in total. The average molecular weight is 552 g/mol. The third-order valence-electron chi connectivity index (χ3n) is 4.28. The molecule has 0 radical (unpaired) electrons. The molecule has 0 spiro atoms. The van der Waals surface area contributed by atoms with Gasteiger partial charge < -0.3 is 14.8 Å². The Morgan fingerprint density at radius 3 is 2.64 bits per heavy atom. The molecule has 10 heteroatoms. The van der Waals surface area contributed by atoms with E-state index in [4.69, 9.17) is 21.1 Å². The molecule has 0 aliphatic carbocycles. The number of carbonyl (C=O) groups is 3. The summed E-state index contributed by atoms with van der Waals surface area (Å²) in [6.07, 6.45) is 3.20. The number of ether oxygens (including phenoxy) is 2. The van der Waals surface area contributed by atoms with Gasteiger partial charge in [-0.2, -0.15) is 0 Å². The highest BCUT2D eigenvalue weighted by molar-refractivity contribution is 9.10. The second-order valence-corrected chi connectivity index (χ2v) is 8.97. The highest BCUT2D eigenvalue weighted by Crippen LogP contribution is 2.39. The van der Waals surface area contributed by atoms with Crippen molar-refractivity contribution >= 4 is 68.1 Å². The van der Waals surface area contributed by atoms with Crippen LogP contribution in [-0.2, 0) is 9.59 Å². The van der Waals surface area contributed by atoms with Gasteiger partial charge in [0.1, 0.15) is 13.2 Å². The molecule has 2 aromatic carbocycles. The maximum Gasteiger partial charge on any atom is 0.294 e. The first-order valence-corrected chi connectivity index (χ1v) is 11.8. The molecule has 1 aliphatic heterocycles. The number of benzene rings is 2. The Morgan fingerprint density at radius 2 is 1.97 bits per heavy atom. The summed E-state index contributed by atoms with van der Waals surface area (Å²) in [5.41, 5.74) is 1.14. The van der Waals surface area contributed by atoms with Crippen molar-refractivity contribution in [3.05, 3.63) is 69.0 Å². The Bertz CT molecular complexity index is 1120. The Labute approximate surface area is 208 Å². The minimum absolute atomic E-state index is 0.202. The lowest BCUT2D eigenvalue weighted by molar-refractivity contribution is -0.127. The smallest absolute Gasteiger partial charge is 0.294 e. The van der Waals surface area contributed by atoms with Gasteiger partial charge in [-0.3, -0.25) is 19.3 Å². The van der Waals surface area contributed by atoms with Crippen LogP contribution in [0, 0.1) is 0 Å². The molecule has 0 saturated carbocycles. The zero-order valence-electron chi connectivity index (χ0n) is 17.6. The van der Waals surface area contributed by atoms with Gasteiger partial charge >= 0.3 is 0 Å². The van der Waals surface area contributed by atoms with Crippen molar-refractivity contribution in [3.8, 4) is 11.5 Å². The number of hydrogen-bond donors (Lipinski definition) is 1. The highest BCUT2D eigenvalue weighted by atomic mass is 79.9. The van der Waals surface area contributed by atoms with Crippen LogP contribution in [0.1, 0.15) is 12.5 Å². The van der Waals surface area contributed by atoms with E-state index in [1.54, 1.807) is 48.6 Å². The number of carbonyl (C=O) groups excluding carboxylic acids is 3. The summed E-state index contributed by atoms with van der Waals surface area (Å²) in [5.74, 6) is -0.0364. The van der Waals surface area contributed by atoms with Crippen molar-refractivity contribution in [1.29, 1.82) is 0 Å². The molecule has 0 unspecified atom stereocenters. The first-order chi connectivity index (χ1) is 15.8. The summed E-state index contributed by atoms with van der Waals surface area (Å²) in [7, 11) is 0. The third-order valence-corrected chi connectivity index (χ3v) is 6.03. The van der Waals surface area contributed by atoms with Gasteiger partial charge in [-0.25, -0.2) is 0 Å². The first-order valence-electron chi connectivity index (χ1n) is 9.83. The van der Waals surface area contributed by atoms with Crippen molar-refractivity contribution in [3.63, 3.8) is 0 Å². The molecule has 0 bridgehead atoms. The quantitative estimate of drug-likeness (QED) is 0.316. The van der Waals surface area contributed by atoms with Gasteiger partial charge in [-0.1, -0.05) is 24.3 Å². The molecular formula is C23H20BrClN2O5S. The van der Waals surface area contributed by atoms with Crippen LogP contribution in [0.25, 0.3) is 6.08 Å². The molecular weight excluding hydrogens is 532 g/mol. The van der Waals surface area contributed by atoms with Crippen molar-refractivity contribution < 1.29 is 23.9 Å². The van der Waals surface area contributed by atoms with Gasteiger partial charge in [0.05, 0.1) is 16.0 Å². The molecule has 0 aromatic heterocycles. The van der Waals surface area contributed by atoms with Crippen LogP contribution in [0.3, 0.4) is 0 Å². The predicted octanol–water partition coefficient (Wildman–Crippen LogP) is 5.74. The fourth-order valence-electron chi connectivity index (χ4n) is 2.88. The number of nitrogens with one attached hydrogen (secondary N) is 1.